The maximum Gasteiger partial charge on any atom is 0.329 e. The van der Waals surface area contributed by atoms with E-state index in [4.69, 9.17) is 0 Å². The van der Waals surface area contributed by atoms with E-state index in [0.29, 0.717) is 10.9 Å². The van der Waals surface area contributed by atoms with Crippen LogP contribution in [0, 0.1) is 0 Å². The zero-order valence-corrected chi connectivity index (χ0v) is 13.3. The van der Waals surface area contributed by atoms with Crippen LogP contribution in [0.1, 0.15) is 18.0 Å². The SMILES string of the molecule is O=c1[nH]c2ccccc2c(=O)n1C1CCN(Cc2ccccc2)C1. The predicted molar refractivity (Wildman–Crippen MR) is 94.2 cm³/mol. The Kier molecular flexibility index (Phi) is 3.78. The van der Waals surface area contributed by atoms with Gasteiger partial charge in [0.25, 0.3) is 5.56 Å². The number of H-pyrrole nitrogens is 1. The van der Waals surface area contributed by atoms with Crippen molar-refractivity contribution in [1.29, 1.82) is 0 Å². The standard InChI is InChI=1S/C19H19N3O2/c23-18-16-8-4-5-9-17(16)20-19(24)22(18)15-10-11-21(13-15)12-14-6-2-1-3-7-14/h1-9,15H,10-13H2,(H,20,24). The van der Waals surface area contributed by atoms with E-state index in [9.17, 15) is 9.59 Å². The number of likely N-dealkylation sites (tertiary alicyclic amines) is 1. The Morgan fingerprint density at radius 1 is 1.00 bits per heavy atom. The molecular weight excluding hydrogens is 302 g/mol. The number of aromatic amines is 1. The normalized spacial score (nSPS) is 18.2. The van der Waals surface area contributed by atoms with Gasteiger partial charge in [-0.25, -0.2) is 4.79 Å². The number of rotatable bonds is 3. The summed E-state index contributed by atoms with van der Waals surface area (Å²) < 4.78 is 1.40. The molecular formula is C19H19N3O2. The summed E-state index contributed by atoms with van der Waals surface area (Å²) in [5, 5.41) is 0.568. The van der Waals surface area contributed by atoms with Crippen LogP contribution < -0.4 is 11.2 Å². The maximum absolute atomic E-state index is 12.7. The number of aromatic nitrogens is 2. The van der Waals surface area contributed by atoms with Crippen molar-refractivity contribution in [2.45, 2.75) is 19.0 Å². The van der Waals surface area contributed by atoms with Gasteiger partial charge in [-0.2, -0.15) is 0 Å². The lowest BCUT2D eigenvalue weighted by Crippen LogP contribution is -2.39. The molecule has 24 heavy (non-hydrogen) atoms. The molecule has 0 saturated carbocycles. The van der Waals surface area contributed by atoms with Gasteiger partial charge in [0.1, 0.15) is 0 Å². The van der Waals surface area contributed by atoms with E-state index in [1.165, 1.54) is 10.1 Å². The van der Waals surface area contributed by atoms with Crippen LogP contribution in [-0.2, 0) is 6.54 Å². The third-order valence-electron chi connectivity index (χ3n) is 4.70. The summed E-state index contributed by atoms with van der Waals surface area (Å²) in [5.74, 6) is 0. The van der Waals surface area contributed by atoms with Crippen molar-refractivity contribution in [2.24, 2.45) is 0 Å². The average Bonchev–Trinajstić information content (AvgIpc) is 3.04. The van der Waals surface area contributed by atoms with E-state index in [2.05, 4.69) is 22.0 Å². The van der Waals surface area contributed by atoms with Gasteiger partial charge in [-0.3, -0.25) is 14.3 Å². The van der Waals surface area contributed by atoms with Gasteiger partial charge in [0.2, 0.25) is 0 Å². The lowest BCUT2D eigenvalue weighted by atomic mass is 10.2. The zero-order chi connectivity index (χ0) is 16.5. The first kappa shape index (κ1) is 14.9. The Morgan fingerprint density at radius 3 is 2.58 bits per heavy atom. The number of benzene rings is 2. The van der Waals surface area contributed by atoms with Gasteiger partial charge in [-0.05, 0) is 24.1 Å². The van der Waals surface area contributed by atoms with Gasteiger partial charge >= 0.3 is 5.69 Å². The Balaban J connectivity index is 1.62. The van der Waals surface area contributed by atoms with E-state index in [-0.39, 0.29) is 17.3 Å². The molecule has 1 atom stereocenters. The largest absolute Gasteiger partial charge is 0.329 e. The smallest absolute Gasteiger partial charge is 0.307 e. The minimum atomic E-state index is -0.315. The fourth-order valence-electron chi connectivity index (χ4n) is 3.52. The molecule has 3 aromatic rings. The lowest BCUT2D eigenvalue weighted by Gasteiger charge is -2.17. The molecule has 5 nitrogen and oxygen atoms in total. The molecule has 1 N–H and O–H groups in total. The number of para-hydroxylation sites is 1. The maximum atomic E-state index is 12.7. The molecule has 1 unspecified atom stereocenters. The third-order valence-corrected chi connectivity index (χ3v) is 4.70. The van der Waals surface area contributed by atoms with Gasteiger partial charge in [0.05, 0.1) is 16.9 Å². The van der Waals surface area contributed by atoms with E-state index >= 15 is 0 Å². The van der Waals surface area contributed by atoms with Crippen LogP contribution in [0.2, 0.25) is 0 Å². The molecule has 5 heteroatoms. The highest BCUT2D eigenvalue weighted by Crippen LogP contribution is 2.21. The van der Waals surface area contributed by atoms with Gasteiger partial charge in [-0.1, -0.05) is 42.5 Å². The highest BCUT2D eigenvalue weighted by molar-refractivity contribution is 5.76. The molecule has 4 rings (SSSR count). The molecule has 122 valence electrons. The summed E-state index contributed by atoms with van der Waals surface area (Å²) in [6.07, 6.45) is 0.814. The fourth-order valence-corrected chi connectivity index (χ4v) is 3.52. The second-order valence-electron chi connectivity index (χ2n) is 6.31. The molecule has 1 aliphatic heterocycles. The minimum absolute atomic E-state index is 0.0745. The summed E-state index contributed by atoms with van der Waals surface area (Å²) in [7, 11) is 0. The van der Waals surface area contributed by atoms with Gasteiger partial charge in [-0.15, -0.1) is 0 Å². The zero-order valence-electron chi connectivity index (χ0n) is 13.3. The number of nitrogens with one attached hydrogen (secondary N) is 1. The first-order valence-electron chi connectivity index (χ1n) is 8.22. The fraction of sp³-hybridized carbons (Fsp3) is 0.263. The van der Waals surface area contributed by atoms with Gasteiger partial charge in [0, 0.05) is 19.6 Å². The van der Waals surface area contributed by atoms with Crippen molar-refractivity contribution < 1.29 is 0 Å². The molecule has 0 amide bonds. The number of fused-ring (bicyclic) bond motifs is 1. The third kappa shape index (κ3) is 2.67. The first-order valence-corrected chi connectivity index (χ1v) is 8.22. The highest BCUT2D eigenvalue weighted by atomic mass is 16.2. The first-order chi connectivity index (χ1) is 11.7. The van der Waals surface area contributed by atoms with Crippen molar-refractivity contribution in [3.05, 3.63) is 81.0 Å². The van der Waals surface area contributed by atoms with Crippen molar-refractivity contribution in [1.82, 2.24) is 14.5 Å². The Morgan fingerprint density at radius 2 is 1.75 bits per heavy atom. The summed E-state index contributed by atoms with van der Waals surface area (Å²) in [6.45, 7) is 2.45. The van der Waals surface area contributed by atoms with Crippen LogP contribution >= 0.6 is 0 Å². The van der Waals surface area contributed by atoms with Crippen molar-refractivity contribution in [3.63, 3.8) is 0 Å². The molecule has 0 aliphatic carbocycles. The Bertz CT molecular complexity index is 975. The van der Waals surface area contributed by atoms with Crippen LogP contribution in [0.3, 0.4) is 0 Å². The van der Waals surface area contributed by atoms with E-state index in [1.54, 1.807) is 12.1 Å². The summed E-state index contributed by atoms with van der Waals surface area (Å²) in [6, 6.07) is 17.4. The van der Waals surface area contributed by atoms with Gasteiger partial charge < -0.3 is 4.98 Å². The van der Waals surface area contributed by atoms with Crippen LogP contribution in [0.4, 0.5) is 0 Å². The summed E-state index contributed by atoms with van der Waals surface area (Å²) >= 11 is 0. The topological polar surface area (TPSA) is 58.1 Å². The second-order valence-corrected chi connectivity index (χ2v) is 6.31. The summed E-state index contributed by atoms with van der Waals surface area (Å²) in [5.41, 5.74) is 1.34. The molecule has 2 aromatic carbocycles. The monoisotopic (exact) mass is 321 g/mol. The summed E-state index contributed by atoms with van der Waals surface area (Å²) in [4.78, 5) is 30.2. The number of nitrogens with zero attached hydrogens (tertiary/aromatic N) is 2. The molecule has 0 bridgehead atoms. The molecule has 1 saturated heterocycles. The van der Waals surface area contributed by atoms with E-state index in [0.717, 1.165) is 26.1 Å². The number of hydrogen-bond donors (Lipinski definition) is 1. The van der Waals surface area contributed by atoms with E-state index < -0.39 is 0 Å². The lowest BCUT2D eigenvalue weighted by molar-refractivity contribution is 0.313. The van der Waals surface area contributed by atoms with E-state index in [1.807, 2.05) is 30.3 Å². The number of hydrogen-bond acceptors (Lipinski definition) is 3. The van der Waals surface area contributed by atoms with Crippen molar-refractivity contribution in [3.8, 4) is 0 Å². The van der Waals surface area contributed by atoms with Gasteiger partial charge in [0.15, 0.2) is 0 Å². The quantitative estimate of drug-likeness (QED) is 0.804. The van der Waals surface area contributed by atoms with Crippen LogP contribution in [0.25, 0.3) is 10.9 Å². The van der Waals surface area contributed by atoms with Crippen LogP contribution in [0.5, 0.6) is 0 Å². The Labute approximate surface area is 139 Å². The molecule has 1 fully saturated rings. The average molecular weight is 321 g/mol. The molecule has 1 aliphatic rings. The molecule has 2 heterocycles. The predicted octanol–water partition coefficient (Wildman–Crippen LogP) is 2.14. The van der Waals surface area contributed by atoms with Crippen molar-refractivity contribution in [2.75, 3.05) is 13.1 Å². The van der Waals surface area contributed by atoms with Crippen LogP contribution in [-0.4, -0.2) is 27.5 Å². The van der Waals surface area contributed by atoms with Crippen LogP contribution in [0.15, 0.2) is 64.2 Å². The molecule has 0 spiro atoms. The molecule has 0 radical (unpaired) electrons. The minimum Gasteiger partial charge on any atom is -0.307 e. The van der Waals surface area contributed by atoms with Crippen molar-refractivity contribution >= 4 is 10.9 Å². The Hall–Kier alpha value is -2.66. The highest BCUT2D eigenvalue weighted by Gasteiger charge is 2.26. The molecule has 1 aromatic heterocycles. The second kappa shape index (κ2) is 6.09.